The summed E-state index contributed by atoms with van der Waals surface area (Å²) in [5.74, 6) is -0.0959. The second-order valence-corrected chi connectivity index (χ2v) is 10.2. The van der Waals surface area contributed by atoms with Crippen LogP contribution in [-0.2, 0) is 19.9 Å². The molecule has 3 atom stereocenters. The highest BCUT2D eigenvalue weighted by Crippen LogP contribution is 2.56. The maximum Gasteiger partial charge on any atom is 0.339 e. The fourth-order valence-corrected chi connectivity index (χ4v) is 5.59. The maximum atomic E-state index is 13.1. The summed E-state index contributed by atoms with van der Waals surface area (Å²) in [6.07, 6.45) is 5.77. The van der Waals surface area contributed by atoms with Gasteiger partial charge in [0.2, 0.25) is 11.8 Å². The number of nitrogens with zero attached hydrogens (tertiary/aromatic N) is 2. The third kappa shape index (κ3) is 4.84. The number of amides is 2. The van der Waals surface area contributed by atoms with E-state index in [9.17, 15) is 14.4 Å². The van der Waals surface area contributed by atoms with Gasteiger partial charge >= 0.3 is 5.97 Å². The van der Waals surface area contributed by atoms with Gasteiger partial charge in [-0.25, -0.2) is 4.79 Å². The Morgan fingerprint density at radius 1 is 0.949 bits per heavy atom. The number of fused-ring (bicyclic) bond motifs is 6. The molecule has 9 nitrogen and oxygen atoms in total. The molecule has 1 spiro atoms. The largest absolute Gasteiger partial charge is 0.485 e. The summed E-state index contributed by atoms with van der Waals surface area (Å²) in [6, 6.07) is 13.5. The van der Waals surface area contributed by atoms with Gasteiger partial charge in [0.05, 0.1) is 11.5 Å². The van der Waals surface area contributed by atoms with Crippen molar-refractivity contribution in [2.45, 2.75) is 25.6 Å². The Bertz CT molecular complexity index is 1370. The summed E-state index contributed by atoms with van der Waals surface area (Å²) in [5.41, 5.74) is 3.07. The second-order valence-electron chi connectivity index (χ2n) is 10.2. The number of rotatable bonds is 8. The zero-order valence-corrected chi connectivity index (χ0v) is 22.7. The first-order chi connectivity index (χ1) is 18.7. The Hall–Kier alpha value is -4.27. The van der Waals surface area contributed by atoms with Crippen molar-refractivity contribution in [3.05, 3.63) is 83.1 Å². The van der Waals surface area contributed by atoms with Crippen molar-refractivity contribution >= 4 is 23.5 Å². The van der Waals surface area contributed by atoms with Crippen molar-refractivity contribution in [2.75, 3.05) is 45.2 Å². The predicted molar refractivity (Wildman–Crippen MR) is 147 cm³/mol. The number of hydrogen-bond acceptors (Lipinski definition) is 7. The van der Waals surface area contributed by atoms with Crippen LogP contribution in [0, 0.1) is 5.92 Å². The van der Waals surface area contributed by atoms with Crippen LogP contribution in [-0.4, -0.2) is 69.1 Å². The minimum Gasteiger partial charge on any atom is -0.485 e. The molecule has 0 fully saturated rings. The average molecular weight is 531 g/mol. The number of benzene rings is 2. The van der Waals surface area contributed by atoms with Gasteiger partial charge in [0, 0.05) is 82.7 Å². The number of nitrogens with one attached hydrogen (secondary N) is 2. The minimum atomic E-state index is -1.02. The molecule has 2 N–H and O–H groups in total. The fourth-order valence-electron chi connectivity index (χ4n) is 5.59. The van der Waals surface area contributed by atoms with Crippen molar-refractivity contribution in [1.29, 1.82) is 0 Å². The zero-order valence-electron chi connectivity index (χ0n) is 22.7. The third-order valence-electron chi connectivity index (χ3n) is 7.59. The van der Waals surface area contributed by atoms with Crippen LogP contribution in [0.3, 0.4) is 0 Å². The van der Waals surface area contributed by atoms with Gasteiger partial charge in [0.1, 0.15) is 11.9 Å². The molecule has 3 aliphatic rings. The van der Waals surface area contributed by atoms with E-state index in [0.717, 1.165) is 22.5 Å². The number of ether oxygens (including phenoxy) is 2. The molecule has 9 heteroatoms. The van der Waals surface area contributed by atoms with E-state index in [1.54, 1.807) is 0 Å². The van der Waals surface area contributed by atoms with Crippen LogP contribution in [0.15, 0.2) is 66.4 Å². The quantitative estimate of drug-likeness (QED) is 0.506. The number of esters is 1. The van der Waals surface area contributed by atoms with Crippen LogP contribution >= 0.6 is 0 Å². The first-order valence-corrected chi connectivity index (χ1v) is 13.2. The van der Waals surface area contributed by atoms with Crippen LogP contribution in [0.25, 0.3) is 0 Å². The summed E-state index contributed by atoms with van der Waals surface area (Å²) in [4.78, 5) is 39.8. The van der Waals surface area contributed by atoms with E-state index in [1.807, 2.05) is 67.5 Å². The summed E-state index contributed by atoms with van der Waals surface area (Å²) >= 11 is 0. The number of hydrogen-bond donors (Lipinski definition) is 2. The molecular formula is C30H34N4O5. The van der Waals surface area contributed by atoms with E-state index in [1.165, 1.54) is 13.8 Å². The minimum absolute atomic E-state index is 0.0645. The highest BCUT2D eigenvalue weighted by molar-refractivity contribution is 5.96. The van der Waals surface area contributed by atoms with E-state index < -0.39 is 5.60 Å². The zero-order chi connectivity index (χ0) is 27.7. The maximum absolute atomic E-state index is 13.1. The van der Waals surface area contributed by atoms with Gasteiger partial charge in [-0.05, 0) is 30.4 Å². The van der Waals surface area contributed by atoms with Crippen molar-refractivity contribution < 1.29 is 23.9 Å². The molecule has 5 rings (SSSR count). The van der Waals surface area contributed by atoms with Crippen molar-refractivity contribution in [1.82, 2.24) is 15.5 Å². The topological polar surface area (TPSA) is 100 Å². The number of carbonyl (C=O) groups excluding carboxylic acids is 3. The van der Waals surface area contributed by atoms with E-state index in [-0.39, 0.29) is 29.8 Å². The summed E-state index contributed by atoms with van der Waals surface area (Å²) in [7, 11) is 3.93. The summed E-state index contributed by atoms with van der Waals surface area (Å²) in [6.45, 7) is 5.31. The monoisotopic (exact) mass is 530 g/mol. The highest BCUT2D eigenvalue weighted by atomic mass is 16.6. The van der Waals surface area contributed by atoms with Crippen LogP contribution in [0.4, 0.5) is 5.69 Å². The standard InChI is InChI=1S/C30H34N4O5/c1-19(35)31-13-15-33(3)21-9-11-25-27(17-21)38-28-18-22(34(4)16-14-32-20(2)36)10-12-26(28)30(25)24-8-6-5-7-23(24)29(37)39-30/h5-12,17-18,25,27H,13-16H2,1-4H3,(H,31,35)(H,32,36)/t25-,27-,30+/m0/s1. The van der Waals surface area contributed by atoms with E-state index in [4.69, 9.17) is 9.47 Å². The van der Waals surface area contributed by atoms with Gasteiger partial charge in [-0.15, -0.1) is 0 Å². The smallest absolute Gasteiger partial charge is 0.339 e. The lowest BCUT2D eigenvalue weighted by Gasteiger charge is -2.45. The van der Waals surface area contributed by atoms with E-state index >= 15 is 0 Å². The first-order valence-electron chi connectivity index (χ1n) is 13.2. The molecule has 0 bridgehead atoms. The molecule has 2 aromatic rings. The number of allylic oxidation sites excluding steroid dienone is 1. The van der Waals surface area contributed by atoms with Crippen molar-refractivity contribution in [3.63, 3.8) is 0 Å². The molecule has 2 heterocycles. The second kappa shape index (κ2) is 10.5. The lowest BCUT2D eigenvalue weighted by Crippen LogP contribution is -2.49. The molecule has 204 valence electrons. The van der Waals surface area contributed by atoms with Crippen LogP contribution in [0.1, 0.15) is 35.3 Å². The van der Waals surface area contributed by atoms with Gasteiger partial charge < -0.3 is 29.9 Å². The number of carbonyl (C=O) groups is 3. The SMILES string of the molecule is CC(=O)NCCN(C)C1=C[C@@H]2Oc3cc(N(C)CCNC(C)=O)ccc3[C@]3(OC(=O)c4ccccc43)[C@H]2C=C1. The Morgan fingerprint density at radius 2 is 1.64 bits per heavy atom. The Morgan fingerprint density at radius 3 is 2.36 bits per heavy atom. The predicted octanol–water partition coefficient (Wildman–Crippen LogP) is 2.57. The molecule has 0 saturated heterocycles. The van der Waals surface area contributed by atoms with Gasteiger partial charge in [0.15, 0.2) is 5.60 Å². The lowest BCUT2D eigenvalue weighted by molar-refractivity contribution is -0.119. The summed E-state index contributed by atoms with van der Waals surface area (Å²) < 4.78 is 12.9. The molecule has 0 saturated carbocycles. The lowest BCUT2D eigenvalue weighted by atomic mass is 9.70. The van der Waals surface area contributed by atoms with Crippen LogP contribution in [0.5, 0.6) is 5.75 Å². The van der Waals surface area contributed by atoms with E-state index in [2.05, 4.69) is 27.7 Å². The third-order valence-corrected chi connectivity index (χ3v) is 7.59. The highest BCUT2D eigenvalue weighted by Gasteiger charge is 2.58. The molecule has 0 radical (unpaired) electrons. The molecule has 2 amide bonds. The molecule has 39 heavy (non-hydrogen) atoms. The summed E-state index contributed by atoms with van der Waals surface area (Å²) in [5, 5.41) is 5.65. The fraction of sp³-hybridized carbons (Fsp3) is 0.367. The average Bonchev–Trinajstić information content (AvgIpc) is 3.20. The molecule has 2 aliphatic heterocycles. The van der Waals surface area contributed by atoms with Gasteiger partial charge in [-0.2, -0.15) is 0 Å². The van der Waals surface area contributed by atoms with Crippen LogP contribution < -0.4 is 20.3 Å². The molecular weight excluding hydrogens is 496 g/mol. The van der Waals surface area contributed by atoms with Crippen molar-refractivity contribution in [3.8, 4) is 5.75 Å². The Kier molecular flexibility index (Phi) is 7.08. The number of likely N-dealkylation sites (N-methyl/N-ethyl adjacent to an activating group) is 2. The van der Waals surface area contributed by atoms with E-state index in [0.29, 0.717) is 37.5 Å². The van der Waals surface area contributed by atoms with Gasteiger partial charge in [-0.1, -0.05) is 24.3 Å². The Labute approximate surface area is 228 Å². The van der Waals surface area contributed by atoms with Gasteiger partial charge in [0.25, 0.3) is 0 Å². The molecule has 2 aromatic carbocycles. The molecule has 1 aliphatic carbocycles. The molecule has 0 aromatic heterocycles. The molecule has 0 unspecified atom stereocenters. The number of anilines is 1. The Balaban J connectivity index is 1.52. The van der Waals surface area contributed by atoms with Gasteiger partial charge in [-0.3, -0.25) is 9.59 Å². The van der Waals surface area contributed by atoms with Crippen molar-refractivity contribution in [2.24, 2.45) is 5.92 Å². The first kappa shape index (κ1) is 26.3. The van der Waals surface area contributed by atoms with Crippen LogP contribution in [0.2, 0.25) is 0 Å². The normalized spacial score (nSPS) is 22.1.